The largest absolute Gasteiger partial charge is 0.497 e. The van der Waals surface area contributed by atoms with Gasteiger partial charge in [0, 0.05) is 11.8 Å². The monoisotopic (exact) mass is 280 g/mol. The second-order valence-electron chi connectivity index (χ2n) is 3.14. The van der Waals surface area contributed by atoms with Crippen LogP contribution in [-0.4, -0.2) is 17.1 Å². The fourth-order valence-electron chi connectivity index (χ4n) is 1.30. The maximum Gasteiger partial charge on any atom is 0.265 e. The lowest BCUT2D eigenvalue weighted by atomic mass is 10.2. The van der Waals surface area contributed by atoms with Crippen molar-refractivity contribution >= 4 is 15.9 Å². The van der Waals surface area contributed by atoms with Crippen molar-refractivity contribution in [1.29, 1.82) is 0 Å². The van der Waals surface area contributed by atoms with E-state index in [1.165, 1.54) is 6.20 Å². The maximum atomic E-state index is 11.4. The fraction of sp³-hybridized carbons (Fsp3) is 0.0909. The lowest BCUT2D eigenvalue weighted by molar-refractivity contribution is 0.415. The zero-order valence-corrected chi connectivity index (χ0v) is 10.1. The molecule has 0 radical (unpaired) electrons. The Hall–Kier alpha value is -1.62. The number of methoxy groups -OCH3 is 1. The van der Waals surface area contributed by atoms with Gasteiger partial charge in [0.25, 0.3) is 5.56 Å². The second-order valence-corrected chi connectivity index (χ2v) is 4.00. The van der Waals surface area contributed by atoms with Crippen LogP contribution in [0.2, 0.25) is 0 Å². The molecule has 0 spiro atoms. The second kappa shape index (κ2) is 4.49. The summed E-state index contributed by atoms with van der Waals surface area (Å²) in [4.78, 5) is 18.2. The molecule has 0 fully saturated rings. The van der Waals surface area contributed by atoms with Crippen molar-refractivity contribution in [3.05, 3.63) is 45.3 Å². The summed E-state index contributed by atoms with van der Waals surface area (Å²) in [6.45, 7) is 0. The van der Waals surface area contributed by atoms with Crippen molar-refractivity contribution in [2.24, 2.45) is 0 Å². The van der Waals surface area contributed by atoms with Crippen LogP contribution in [0, 0.1) is 0 Å². The zero-order valence-electron chi connectivity index (χ0n) is 8.53. The van der Waals surface area contributed by atoms with Crippen LogP contribution in [0.5, 0.6) is 5.75 Å². The van der Waals surface area contributed by atoms with E-state index in [0.29, 0.717) is 10.3 Å². The predicted molar refractivity (Wildman–Crippen MR) is 64.5 cm³/mol. The number of hydrogen-bond acceptors (Lipinski definition) is 3. The van der Waals surface area contributed by atoms with E-state index < -0.39 is 0 Å². The third-order valence-electron chi connectivity index (χ3n) is 2.10. The summed E-state index contributed by atoms with van der Waals surface area (Å²) in [7, 11) is 1.59. The minimum Gasteiger partial charge on any atom is -0.497 e. The van der Waals surface area contributed by atoms with Gasteiger partial charge in [-0.3, -0.25) is 4.79 Å². The third-order valence-corrected chi connectivity index (χ3v) is 2.66. The maximum absolute atomic E-state index is 11.4. The van der Waals surface area contributed by atoms with Crippen molar-refractivity contribution in [3.8, 4) is 17.1 Å². The number of halogens is 1. The Morgan fingerprint density at radius 1 is 1.44 bits per heavy atom. The highest BCUT2D eigenvalue weighted by molar-refractivity contribution is 9.10. The highest BCUT2D eigenvalue weighted by atomic mass is 79.9. The molecule has 1 aromatic heterocycles. The minimum atomic E-state index is -0.201. The minimum absolute atomic E-state index is 0.201. The van der Waals surface area contributed by atoms with Crippen LogP contribution in [0.1, 0.15) is 0 Å². The molecule has 0 aliphatic heterocycles. The number of hydrogen-bond donors (Lipinski definition) is 1. The first-order valence-corrected chi connectivity index (χ1v) is 5.39. The summed E-state index contributed by atoms with van der Waals surface area (Å²) >= 11 is 3.10. The van der Waals surface area contributed by atoms with Crippen molar-refractivity contribution < 1.29 is 4.74 Å². The molecule has 1 N–H and O–H groups in total. The van der Waals surface area contributed by atoms with E-state index in [1.54, 1.807) is 7.11 Å². The SMILES string of the molecule is COc1cccc(-c2ncc(Br)c(=O)[nH]2)c1. The predicted octanol–water partition coefficient (Wildman–Crippen LogP) is 2.21. The van der Waals surface area contributed by atoms with Gasteiger partial charge in [-0.15, -0.1) is 0 Å². The Morgan fingerprint density at radius 2 is 2.25 bits per heavy atom. The van der Waals surface area contributed by atoms with Gasteiger partial charge in [-0.05, 0) is 28.1 Å². The molecule has 1 aromatic carbocycles. The van der Waals surface area contributed by atoms with Crippen molar-refractivity contribution in [2.45, 2.75) is 0 Å². The molecule has 0 aliphatic rings. The van der Waals surface area contributed by atoms with Gasteiger partial charge in [-0.25, -0.2) is 4.98 Å². The van der Waals surface area contributed by atoms with E-state index in [9.17, 15) is 4.79 Å². The van der Waals surface area contributed by atoms with E-state index in [1.807, 2.05) is 24.3 Å². The Labute approximate surface area is 100 Å². The standard InChI is InChI=1S/C11H9BrN2O2/c1-16-8-4-2-3-7(5-8)10-13-6-9(12)11(15)14-10/h2-6H,1H3,(H,13,14,15). The topological polar surface area (TPSA) is 55.0 Å². The highest BCUT2D eigenvalue weighted by Gasteiger charge is 2.03. The molecule has 2 aromatic rings. The van der Waals surface area contributed by atoms with Crippen LogP contribution in [0.25, 0.3) is 11.4 Å². The number of rotatable bonds is 2. The average Bonchev–Trinajstić information content (AvgIpc) is 2.33. The Balaban J connectivity index is 2.50. The van der Waals surface area contributed by atoms with Gasteiger partial charge in [-0.2, -0.15) is 0 Å². The normalized spacial score (nSPS) is 10.1. The van der Waals surface area contributed by atoms with Crippen molar-refractivity contribution in [1.82, 2.24) is 9.97 Å². The molecule has 1 heterocycles. The lowest BCUT2D eigenvalue weighted by Gasteiger charge is -2.03. The molecular formula is C11H9BrN2O2. The molecule has 0 saturated carbocycles. The molecule has 0 unspecified atom stereocenters. The number of nitrogens with zero attached hydrogens (tertiary/aromatic N) is 1. The quantitative estimate of drug-likeness (QED) is 0.918. The van der Waals surface area contributed by atoms with Crippen LogP contribution in [0.4, 0.5) is 0 Å². The smallest absolute Gasteiger partial charge is 0.265 e. The highest BCUT2D eigenvalue weighted by Crippen LogP contribution is 2.19. The van der Waals surface area contributed by atoms with Crippen LogP contribution < -0.4 is 10.3 Å². The average molecular weight is 281 g/mol. The van der Waals surface area contributed by atoms with Crippen LogP contribution in [0.15, 0.2) is 39.7 Å². The molecule has 0 aliphatic carbocycles. The molecule has 5 heteroatoms. The van der Waals surface area contributed by atoms with Crippen molar-refractivity contribution in [2.75, 3.05) is 7.11 Å². The molecule has 4 nitrogen and oxygen atoms in total. The third kappa shape index (κ3) is 2.14. The van der Waals surface area contributed by atoms with Gasteiger partial charge in [0.15, 0.2) is 0 Å². The summed E-state index contributed by atoms with van der Waals surface area (Å²) in [6, 6.07) is 7.34. The first-order chi connectivity index (χ1) is 7.70. The fourth-order valence-corrected chi connectivity index (χ4v) is 1.50. The molecule has 0 amide bonds. The van der Waals surface area contributed by atoms with Crippen LogP contribution >= 0.6 is 15.9 Å². The van der Waals surface area contributed by atoms with E-state index in [-0.39, 0.29) is 5.56 Å². The number of H-pyrrole nitrogens is 1. The Kier molecular flexibility index (Phi) is 3.05. The summed E-state index contributed by atoms with van der Waals surface area (Å²) < 4.78 is 5.52. The van der Waals surface area contributed by atoms with E-state index in [2.05, 4.69) is 25.9 Å². The number of aromatic amines is 1. The molecule has 82 valence electrons. The first kappa shape index (κ1) is 10.9. The molecule has 0 atom stereocenters. The van der Waals surface area contributed by atoms with Gasteiger partial charge in [0.2, 0.25) is 0 Å². The first-order valence-electron chi connectivity index (χ1n) is 4.60. The van der Waals surface area contributed by atoms with Crippen molar-refractivity contribution in [3.63, 3.8) is 0 Å². The van der Waals surface area contributed by atoms with E-state index in [0.717, 1.165) is 11.3 Å². The number of nitrogens with one attached hydrogen (secondary N) is 1. The molecule has 16 heavy (non-hydrogen) atoms. The number of aromatic nitrogens is 2. The molecule has 0 saturated heterocycles. The van der Waals surface area contributed by atoms with Gasteiger partial charge in [0.1, 0.15) is 16.0 Å². The zero-order chi connectivity index (χ0) is 11.5. The molecule has 0 bridgehead atoms. The van der Waals surface area contributed by atoms with Crippen LogP contribution in [0.3, 0.4) is 0 Å². The number of ether oxygens (including phenoxy) is 1. The summed E-state index contributed by atoms with van der Waals surface area (Å²) in [5.74, 6) is 1.25. The Bertz CT molecular complexity index is 566. The Morgan fingerprint density at radius 3 is 2.94 bits per heavy atom. The summed E-state index contributed by atoms with van der Waals surface area (Å²) in [5.41, 5.74) is 0.608. The lowest BCUT2D eigenvalue weighted by Crippen LogP contribution is -2.08. The molecule has 2 rings (SSSR count). The van der Waals surface area contributed by atoms with Gasteiger partial charge >= 0.3 is 0 Å². The van der Waals surface area contributed by atoms with Gasteiger partial charge < -0.3 is 9.72 Å². The van der Waals surface area contributed by atoms with Gasteiger partial charge in [-0.1, -0.05) is 12.1 Å². The van der Waals surface area contributed by atoms with Gasteiger partial charge in [0.05, 0.1) is 7.11 Å². The summed E-state index contributed by atoms with van der Waals surface area (Å²) in [6.07, 6.45) is 1.48. The van der Waals surface area contributed by atoms with E-state index in [4.69, 9.17) is 4.74 Å². The van der Waals surface area contributed by atoms with Crippen LogP contribution in [-0.2, 0) is 0 Å². The molecular weight excluding hydrogens is 272 g/mol. The summed E-state index contributed by atoms with van der Waals surface area (Å²) in [5, 5.41) is 0. The van der Waals surface area contributed by atoms with E-state index >= 15 is 0 Å². The number of benzene rings is 1.